The van der Waals surface area contributed by atoms with Crippen LogP contribution in [-0.2, 0) is 9.59 Å². The molecule has 0 bridgehead atoms. The summed E-state index contributed by atoms with van der Waals surface area (Å²) in [6, 6.07) is 7.85. The fourth-order valence-corrected chi connectivity index (χ4v) is 3.90. The summed E-state index contributed by atoms with van der Waals surface area (Å²) < 4.78 is 0.978. The van der Waals surface area contributed by atoms with Crippen LogP contribution in [0.2, 0.25) is 0 Å². The van der Waals surface area contributed by atoms with E-state index in [1.54, 1.807) is 6.08 Å². The minimum atomic E-state index is 0.0356. The Hall–Kier alpha value is -1.66. The summed E-state index contributed by atoms with van der Waals surface area (Å²) in [5, 5.41) is 0. The van der Waals surface area contributed by atoms with Crippen LogP contribution in [0.5, 0.6) is 0 Å². The molecular formula is C20H26BrN3O2. The van der Waals surface area contributed by atoms with Gasteiger partial charge in [0.15, 0.2) is 0 Å². The van der Waals surface area contributed by atoms with Crippen molar-refractivity contribution in [2.75, 3.05) is 45.8 Å². The molecule has 5 nitrogen and oxygen atoms in total. The maximum absolute atomic E-state index is 12.5. The lowest BCUT2D eigenvalue weighted by molar-refractivity contribution is -0.131. The SMILES string of the molecule is O=C(/C=C/c1ccccc1Br)N1CCCN(CC(=O)N2CCCC2)CC1. The van der Waals surface area contributed by atoms with Crippen LogP contribution in [0.1, 0.15) is 24.8 Å². The molecule has 26 heavy (non-hydrogen) atoms. The summed E-state index contributed by atoms with van der Waals surface area (Å²) in [4.78, 5) is 30.9. The molecule has 0 aliphatic carbocycles. The number of benzene rings is 1. The normalized spacial score (nSPS) is 19.1. The third-order valence-corrected chi connectivity index (χ3v) is 5.75. The number of rotatable bonds is 4. The molecule has 0 N–H and O–H groups in total. The summed E-state index contributed by atoms with van der Waals surface area (Å²) in [5.41, 5.74) is 0.994. The number of hydrogen-bond donors (Lipinski definition) is 0. The predicted octanol–water partition coefficient (Wildman–Crippen LogP) is 2.62. The maximum atomic E-state index is 12.5. The Morgan fingerprint density at radius 1 is 0.923 bits per heavy atom. The first kappa shape index (κ1) is 19.1. The van der Waals surface area contributed by atoms with Gasteiger partial charge >= 0.3 is 0 Å². The molecule has 0 aromatic heterocycles. The van der Waals surface area contributed by atoms with E-state index in [2.05, 4.69) is 20.8 Å². The Labute approximate surface area is 163 Å². The van der Waals surface area contributed by atoms with E-state index in [-0.39, 0.29) is 11.8 Å². The lowest BCUT2D eigenvalue weighted by Crippen LogP contribution is -2.41. The van der Waals surface area contributed by atoms with Gasteiger partial charge in [0.25, 0.3) is 0 Å². The molecule has 2 heterocycles. The number of likely N-dealkylation sites (tertiary alicyclic amines) is 1. The summed E-state index contributed by atoms with van der Waals surface area (Å²) in [6.07, 6.45) is 6.65. The highest BCUT2D eigenvalue weighted by Crippen LogP contribution is 2.17. The standard InChI is InChI=1S/C20H26BrN3O2/c21-18-7-2-1-6-17(18)8-9-19(25)24-13-5-10-22(14-15-24)16-20(26)23-11-3-4-12-23/h1-2,6-9H,3-5,10-16H2/b9-8+. The zero-order valence-corrected chi connectivity index (χ0v) is 16.7. The first-order chi connectivity index (χ1) is 12.6. The quantitative estimate of drug-likeness (QED) is 0.704. The van der Waals surface area contributed by atoms with E-state index >= 15 is 0 Å². The molecule has 2 aliphatic heterocycles. The number of hydrogen-bond acceptors (Lipinski definition) is 3. The van der Waals surface area contributed by atoms with E-state index in [0.29, 0.717) is 13.1 Å². The van der Waals surface area contributed by atoms with Crippen molar-refractivity contribution in [3.63, 3.8) is 0 Å². The summed E-state index contributed by atoms with van der Waals surface area (Å²) in [6.45, 7) is 5.33. The van der Waals surface area contributed by atoms with Gasteiger partial charge in [-0.1, -0.05) is 34.1 Å². The number of carbonyl (C=O) groups is 2. The zero-order valence-electron chi connectivity index (χ0n) is 15.1. The Balaban J connectivity index is 1.50. The van der Waals surface area contributed by atoms with Crippen LogP contribution in [0.25, 0.3) is 6.08 Å². The van der Waals surface area contributed by atoms with Crippen LogP contribution in [0.15, 0.2) is 34.8 Å². The van der Waals surface area contributed by atoms with Gasteiger partial charge in [-0.25, -0.2) is 0 Å². The van der Waals surface area contributed by atoms with E-state index in [1.807, 2.05) is 40.1 Å². The average molecular weight is 420 g/mol. The lowest BCUT2D eigenvalue weighted by atomic mass is 10.2. The van der Waals surface area contributed by atoms with Gasteiger partial charge in [0.1, 0.15) is 0 Å². The first-order valence-corrected chi connectivity index (χ1v) is 10.1. The number of nitrogens with zero attached hydrogens (tertiary/aromatic N) is 3. The Morgan fingerprint density at radius 3 is 2.42 bits per heavy atom. The van der Waals surface area contributed by atoms with Crippen LogP contribution < -0.4 is 0 Å². The van der Waals surface area contributed by atoms with Gasteiger partial charge in [-0.2, -0.15) is 0 Å². The molecule has 2 aliphatic rings. The van der Waals surface area contributed by atoms with Crippen LogP contribution >= 0.6 is 15.9 Å². The highest BCUT2D eigenvalue weighted by atomic mass is 79.9. The van der Waals surface area contributed by atoms with Crippen LogP contribution in [0.4, 0.5) is 0 Å². The van der Waals surface area contributed by atoms with Gasteiger partial charge in [0.05, 0.1) is 6.54 Å². The number of carbonyl (C=O) groups excluding carboxylic acids is 2. The molecule has 0 spiro atoms. The van der Waals surface area contributed by atoms with Crippen molar-refractivity contribution in [3.05, 3.63) is 40.4 Å². The molecule has 0 saturated carbocycles. The van der Waals surface area contributed by atoms with Crippen LogP contribution in [0.3, 0.4) is 0 Å². The van der Waals surface area contributed by atoms with Crippen molar-refractivity contribution in [2.24, 2.45) is 0 Å². The second-order valence-corrected chi connectivity index (χ2v) is 7.75. The highest BCUT2D eigenvalue weighted by Gasteiger charge is 2.23. The fourth-order valence-electron chi connectivity index (χ4n) is 3.48. The summed E-state index contributed by atoms with van der Waals surface area (Å²) >= 11 is 3.49. The molecule has 3 rings (SSSR count). The maximum Gasteiger partial charge on any atom is 0.246 e. The fraction of sp³-hybridized carbons (Fsp3) is 0.500. The smallest absolute Gasteiger partial charge is 0.246 e. The summed E-state index contributed by atoms with van der Waals surface area (Å²) in [7, 11) is 0. The first-order valence-electron chi connectivity index (χ1n) is 9.35. The molecule has 0 unspecified atom stereocenters. The third-order valence-electron chi connectivity index (χ3n) is 5.03. The molecule has 2 amide bonds. The minimum absolute atomic E-state index is 0.0356. The molecule has 2 fully saturated rings. The third kappa shape index (κ3) is 5.17. The van der Waals surface area contributed by atoms with Crippen molar-refractivity contribution in [1.29, 1.82) is 0 Å². The molecule has 6 heteroatoms. The summed E-state index contributed by atoms with van der Waals surface area (Å²) in [5.74, 6) is 0.268. The second kappa shape index (κ2) is 9.33. The van der Waals surface area contributed by atoms with Gasteiger partial charge in [0, 0.05) is 49.8 Å². The van der Waals surface area contributed by atoms with E-state index < -0.39 is 0 Å². The number of amides is 2. The zero-order chi connectivity index (χ0) is 18.4. The minimum Gasteiger partial charge on any atom is -0.342 e. The largest absolute Gasteiger partial charge is 0.342 e. The Kier molecular flexibility index (Phi) is 6.86. The van der Waals surface area contributed by atoms with E-state index in [1.165, 1.54) is 0 Å². The molecular weight excluding hydrogens is 394 g/mol. The average Bonchev–Trinajstić information content (AvgIpc) is 3.08. The molecule has 1 aromatic carbocycles. The van der Waals surface area contributed by atoms with E-state index in [9.17, 15) is 9.59 Å². The molecule has 0 radical (unpaired) electrons. The van der Waals surface area contributed by atoms with Crippen molar-refractivity contribution in [3.8, 4) is 0 Å². The van der Waals surface area contributed by atoms with Gasteiger partial charge in [-0.3, -0.25) is 14.5 Å². The van der Waals surface area contributed by atoms with Gasteiger partial charge in [0.2, 0.25) is 11.8 Å². The van der Waals surface area contributed by atoms with Crippen molar-refractivity contribution in [1.82, 2.24) is 14.7 Å². The highest BCUT2D eigenvalue weighted by molar-refractivity contribution is 9.10. The lowest BCUT2D eigenvalue weighted by Gasteiger charge is -2.23. The second-order valence-electron chi connectivity index (χ2n) is 6.90. The van der Waals surface area contributed by atoms with E-state index in [4.69, 9.17) is 0 Å². The molecule has 1 aromatic rings. The van der Waals surface area contributed by atoms with Crippen LogP contribution in [0, 0.1) is 0 Å². The van der Waals surface area contributed by atoms with Crippen LogP contribution in [-0.4, -0.2) is 72.3 Å². The van der Waals surface area contributed by atoms with E-state index in [0.717, 1.165) is 62.0 Å². The molecule has 140 valence electrons. The Morgan fingerprint density at radius 2 is 1.65 bits per heavy atom. The van der Waals surface area contributed by atoms with Crippen molar-refractivity contribution >= 4 is 33.8 Å². The topological polar surface area (TPSA) is 43.9 Å². The van der Waals surface area contributed by atoms with Gasteiger partial charge < -0.3 is 9.80 Å². The van der Waals surface area contributed by atoms with Gasteiger partial charge in [-0.05, 0) is 37.0 Å². The van der Waals surface area contributed by atoms with Crippen molar-refractivity contribution in [2.45, 2.75) is 19.3 Å². The van der Waals surface area contributed by atoms with Gasteiger partial charge in [-0.15, -0.1) is 0 Å². The molecule has 2 saturated heterocycles. The molecule has 0 atom stereocenters. The number of halogens is 1. The van der Waals surface area contributed by atoms with Crippen molar-refractivity contribution < 1.29 is 9.59 Å². The predicted molar refractivity (Wildman–Crippen MR) is 107 cm³/mol. The monoisotopic (exact) mass is 419 g/mol. The Bertz CT molecular complexity index is 671.